The third kappa shape index (κ3) is 4.47. The predicted octanol–water partition coefficient (Wildman–Crippen LogP) is 2.13. The maximum atomic E-state index is 12.4. The molecule has 1 aromatic carbocycles. The molecule has 1 aliphatic heterocycles. The van der Waals surface area contributed by atoms with Gasteiger partial charge in [0, 0.05) is 50.4 Å². The molecule has 1 heterocycles. The van der Waals surface area contributed by atoms with Crippen LogP contribution in [0.5, 0.6) is 0 Å². The van der Waals surface area contributed by atoms with Gasteiger partial charge in [-0.25, -0.2) is 0 Å². The lowest BCUT2D eigenvalue weighted by atomic mass is 10.0. The van der Waals surface area contributed by atoms with Crippen LogP contribution in [0.3, 0.4) is 0 Å². The Morgan fingerprint density at radius 2 is 1.87 bits per heavy atom. The first kappa shape index (κ1) is 17.3. The first-order chi connectivity index (χ1) is 10.9. The molecule has 2 rings (SSSR count). The van der Waals surface area contributed by atoms with Gasteiger partial charge in [0.2, 0.25) is 5.91 Å². The van der Waals surface area contributed by atoms with Crippen molar-refractivity contribution in [1.82, 2.24) is 10.2 Å². The molecule has 1 fully saturated rings. The van der Waals surface area contributed by atoms with E-state index >= 15 is 0 Å². The van der Waals surface area contributed by atoms with E-state index in [2.05, 4.69) is 5.32 Å². The van der Waals surface area contributed by atoms with Gasteiger partial charge in [-0.05, 0) is 31.0 Å². The van der Waals surface area contributed by atoms with Crippen LogP contribution in [0, 0.1) is 5.92 Å². The van der Waals surface area contributed by atoms with Gasteiger partial charge in [0.15, 0.2) is 0 Å². The van der Waals surface area contributed by atoms with E-state index in [0.717, 1.165) is 31.6 Å². The average Bonchev–Trinajstić information content (AvgIpc) is 2.54. The summed E-state index contributed by atoms with van der Waals surface area (Å²) in [7, 11) is 3.91. The zero-order chi connectivity index (χ0) is 17.0. The lowest BCUT2D eigenvalue weighted by Crippen LogP contribution is -2.47. The Hall–Kier alpha value is -2.04. The number of hydrogen-bond acceptors (Lipinski definition) is 3. The Labute approximate surface area is 138 Å². The van der Waals surface area contributed by atoms with E-state index in [0.29, 0.717) is 5.56 Å². The number of carbonyl (C=O) groups excluding carboxylic acids is 2. The van der Waals surface area contributed by atoms with Crippen LogP contribution in [0.4, 0.5) is 5.69 Å². The molecule has 0 unspecified atom stereocenters. The lowest BCUT2D eigenvalue weighted by molar-refractivity contribution is -0.135. The van der Waals surface area contributed by atoms with E-state index in [9.17, 15) is 9.59 Å². The molecule has 0 aromatic heterocycles. The fraction of sp³-hybridized carbons (Fsp3) is 0.556. The van der Waals surface area contributed by atoms with E-state index < -0.39 is 0 Å². The molecular weight excluding hydrogens is 290 g/mol. The molecule has 126 valence electrons. The highest BCUT2D eigenvalue weighted by atomic mass is 16.2. The second kappa shape index (κ2) is 7.49. The Balaban J connectivity index is 1.90. The van der Waals surface area contributed by atoms with Crippen molar-refractivity contribution in [3.63, 3.8) is 0 Å². The van der Waals surface area contributed by atoms with Gasteiger partial charge < -0.3 is 15.1 Å². The van der Waals surface area contributed by atoms with Crippen LogP contribution in [0.15, 0.2) is 24.3 Å². The van der Waals surface area contributed by atoms with Gasteiger partial charge >= 0.3 is 0 Å². The number of piperidine rings is 1. The second-order valence-electron chi connectivity index (χ2n) is 6.67. The summed E-state index contributed by atoms with van der Waals surface area (Å²) in [6, 6.07) is 7.75. The van der Waals surface area contributed by atoms with Crippen molar-refractivity contribution in [2.45, 2.75) is 32.7 Å². The molecule has 0 aliphatic carbocycles. The summed E-state index contributed by atoms with van der Waals surface area (Å²) in [4.78, 5) is 28.3. The maximum Gasteiger partial charge on any atom is 0.251 e. The molecular formula is C18H27N3O2. The monoisotopic (exact) mass is 317 g/mol. The van der Waals surface area contributed by atoms with Crippen molar-refractivity contribution in [1.29, 1.82) is 0 Å². The van der Waals surface area contributed by atoms with Crippen molar-refractivity contribution >= 4 is 17.5 Å². The number of likely N-dealkylation sites (tertiary alicyclic amines) is 1. The number of rotatable bonds is 4. The van der Waals surface area contributed by atoms with Gasteiger partial charge in [0.05, 0.1) is 0 Å². The summed E-state index contributed by atoms with van der Waals surface area (Å²) in [6.07, 6.45) is 1.63. The van der Waals surface area contributed by atoms with Crippen LogP contribution in [-0.2, 0) is 4.79 Å². The summed E-state index contributed by atoms with van der Waals surface area (Å²) >= 11 is 0. The second-order valence-corrected chi connectivity index (χ2v) is 6.67. The van der Waals surface area contributed by atoms with E-state index in [4.69, 9.17) is 0 Å². The number of carbonyl (C=O) groups is 2. The number of benzene rings is 1. The van der Waals surface area contributed by atoms with Crippen molar-refractivity contribution in [3.05, 3.63) is 29.8 Å². The van der Waals surface area contributed by atoms with E-state index in [1.165, 1.54) is 0 Å². The average molecular weight is 317 g/mol. The summed E-state index contributed by atoms with van der Waals surface area (Å²) in [5, 5.41) is 3.09. The molecule has 23 heavy (non-hydrogen) atoms. The Morgan fingerprint density at radius 3 is 2.43 bits per heavy atom. The number of nitrogens with one attached hydrogen (secondary N) is 1. The van der Waals surface area contributed by atoms with Crippen molar-refractivity contribution < 1.29 is 9.59 Å². The minimum Gasteiger partial charge on any atom is -0.378 e. The Morgan fingerprint density at radius 1 is 1.22 bits per heavy atom. The molecule has 2 amide bonds. The third-order valence-corrected chi connectivity index (χ3v) is 4.26. The molecule has 0 bridgehead atoms. The highest BCUT2D eigenvalue weighted by Crippen LogP contribution is 2.16. The maximum absolute atomic E-state index is 12.4. The fourth-order valence-corrected chi connectivity index (χ4v) is 2.80. The van der Waals surface area contributed by atoms with Gasteiger partial charge in [-0.1, -0.05) is 19.9 Å². The summed E-state index contributed by atoms with van der Waals surface area (Å²) in [5.74, 6) is 0.200. The Kier molecular flexibility index (Phi) is 5.64. The molecule has 1 aliphatic rings. The smallest absolute Gasteiger partial charge is 0.251 e. The molecule has 0 saturated carbocycles. The van der Waals surface area contributed by atoms with Gasteiger partial charge in [-0.2, -0.15) is 0 Å². The first-order valence-electron chi connectivity index (χ1n) is 8.25. The zero-order valence-corrected chi connectivity index (χ0v) is 14.5. The molecule has 0 atom stereocenters. The summed E-state index contributed by atoms with van der Waals surface area (Å²) < 4.78 is 0. The van der Waals surface area contributed by atoms with E-state index in [1.807, 2.05) is 62.0 Å². The third-order valence-electron chi connectivity index (χ3n) is 4.26. The van der Waals surface area contributed by atoms with Gasteiger partial charge in [-0.3, -0.25) is 9.59 Å². The van der Waals surface area contributed by atoms with E-state index in [1.54, 1.807) is 0 Å². The largest absolute Gasteiger partial charge is 0.378 e. The Bertz CT molecular complexity index is 561. The highest BCUT2D eigenvalue weighted by Gasteiger charge is 2.25. The van der Waals surface area contributed by atoms with E-state index in [-0.39, 0.29) is 23.8 Å². The van der Waals surface area contributed by atoms with Crippen molar-refractivity contribution in [2.75, 3.05) is 32.1 Å². The fourth-order valence-electron chi connectivity index (χ4n) is 2.80. The normalized spacial score (nSPS) is 15.6. The summed E-state index contributed by atoms with van der Waals surface area (Å²) in [5.41, 5.74) is 1.69. The van der Waals surface area contributed by atoms with Crippen LogP contribution >= 0.6 is 0 Å². The molecule has 1 aromatic rings. The molecule has 5 heteroatoms. The number of amides is 2. The minimum atomic E-state index is -0.0395. The topological polar surface area (TPSA) is 52.7 Å². The molecule has 1 saturated heterocycles. The molecule has 1 N–H and O–H groups in total. The number of nitrogens with zero attached hydrogens (tertiary/aromatic N) is 2. The van der Waals surface area contributed by atoms with Crippen LogP contribution in [0.1, 0.15) is 37.0 Å². The van der Waals surface area contributed by atoms with Crippen LogP contribution in [0.2, 0.25) is 0 Å². The lowest BCUT2D eigenvalue weighted by Gasteiger charge is -2.33. The quantitative estimate of drug-likeness (QED) is 0.925. The zero-order valence-electron chi connectivity index (χ0n) is 14.5. The standard InChI is InChI=1S/C18H27N3O2/c1-13(2)18(23)21-10-8-15(9-11-21)19-17(22)14-6-5-7-16(12-14)20(3)4/h5-7,12-13,15H,8-11H2,1-4H3,(H,19,22). The SMILES string of the molecule is CC(C)C(=O)N1CCC(NC(=O)c2cccc(N(C)C)c2)CC1. The molecule has 0 radical (unpaired) electrons. The molecule has 0 spiro atoms. The number of anilines is 1. The number of hydrogen-bond donors (Lipinski definition) is 1. The van der Waals surface area contributed by atoms with Crippen LogP contribution in [0.25, 0.3) is 0 Å². The first-order valence-corrected chi connectivity index (χ1v) is 8.25. The summed E-state index contributed by atoms with van der Waals surface area (Å²) in [6.45, 7) is 5.29. The van der Waals surface area contributed by atoms with Gasteiger partial charge in [-0.15, -0.1) is 0 Å². The predicted molar refractivity (Wildman–Crippen MR) is 92.7 cm³/mol. The highest BCUT2D eigenvalue weighted by molar-refractivity contribution is 5.95. The van der Waals surface area contributed by atoms with Gasteiger partial charge in [0.1, 0.15) is 0 Å². The van der Waals surface area contributed by atoms with Crippen molar-refractivity contribution in [2.24, 2.45) is 5.92 Å². The van der Waals surface area contributed by atoms with Gasteiger partial charge in [0.25, 0.3) is 5.91 Å². The minimum absolute atomic E-state index is 0.0370. The van der Waals surface area contributed by atoms with Crippen molar-refractivity contribution in [3.8, 4) is 0 Å². The van der Waals surface area contributed by atoms with Crippen LogP contribution < -0.4 is 10.2 Å². The van der Waals surface area contributed by atoms with Crippen LogP contribution in [-0.4, -0.2) is 49.9 Å². The molecule has 5 nitrogen and oxygen atoms in total.